The summed E-state index contributed by atoms with van der Waals surface area (Å²) in [4.78, 5) is 16.8. The fourth-order valence-corrected chi connectivity index (χ4v) is 3.16. The van der Waals surface area contributed by atoms with Gasteiger partial charge in [-0.2, -0.15) is 0 Å². The first-order valence-corrected chi connectivity index (χ1v) is 8.34. The number of aliphatic hydroxyl groups excluding tert-OH is 1. The van der Waals surface area contributed by atoms with Crippen molar-refractivity contribution in [3.05, 3.63) is 40.6 Å². The van der Waals surface area contributed by atoms with Gasteiger partial charge in [0.15, 0.2) is 0 Å². The van der Waals surface area contributed by atoms with E-state index in [4.69, 9.17) is 4.74 Å². The molecule has 0 bridgehead atoms. The van der Waals surface area contributed by atoms with E-state index < -0.39 is 12.2 Å². The summed E-state index contributed by atoms with van der Waals surface area (Å²) in [5, 5.41) is 18.2. The summed E-state index contributed by atoms with van der Waals surface area (Å²) in [6.07, 6.45) is 2.54. The van der Waals surface area contributed by atoms with Crippen molar-refractivity contribution in [3.63, 3.8) is 0 Å². The van der Waals surface area contributed by atoms with Crippen LogP contribution in [0.15, 0.2) is 29.9 Å². The third-order valence-corrected chi connectivity index (χ3v) is 4.80. The van der Waals surface area contributed by atoms with Gasteiger partial charge in [-0.05, 0) is 11.4 Å². The molecule has 3 heterocycles. The van der Waals surface area contributed by atoms with Crippen molar-refractivity contribution >= 4 is 17.2 Å². The molecule has 3 rings (SSSR count). The van der Waals surface area contributed by atoms with E-state index in [1.165, 1.54) is 11.3 Å². The number of rotatable bonds is 6. The number of nitrogens with zero attached hydrogens (tertiary/aromatic N) is 2. The van der Waals surface area contributed by atoms with Crippen molar-refractivity contribution in [2.24, 2.45) is 7.05 Å². The number of hydrogen-bond donors (Lipinski definition) is 3. The molecule has 0 spiro atoms. The van der Waals surface area contributed by atoms with Crippen LogP contribution in [0.25, 0.3) is 0 Å². The van der Waals surface area contributed by atoms with Gasteiger partial charge in [-0.15, -0.1) is 11.3 Å². The molecule has 8 heteroatoms. The highest BCUT2D eigenvalue weighted by Crippen LogP contribution is 2.15. The van der Waals surface area contributed by atoms with Crippen molar-refractivity contribution in [1.82, 2.24) is 20.2 Å². The molecule has 1 saturated heterocycles. The van der Waals surface area contributed by atoms with Gasteiger partial charge in [-0.1, -0.05) is 6.07 Å². The molecule has 124 valence electrons. The first-order valence-electron chi connectivity index (χ1n) is 7.46. The summed E-state index contributed by atoms with van der Waals surface area (Å²) in [7, 11) is 1.93. The molecule has 0 aromatic carbocycles. The first kappa shape index (κ1) is 16.1. The molecule has 3 unspecified atom stereocenters. The Bertz CT molecular complexity index is 643. The van der Waals surface area contributed by atoms with Gasteiger partial charge in [0.05, 0.1) is 30.2 Å². The molecule has 0 radical (unpaired) electrons. The second-order valence-corrected chi connectivity index (χ2v) is 6.44. The van der Waals surface area contributed by atoms with E-state index in [2.05, 4.69) is 15.6 Å². The minimum Gasteiger partial charge on any atom is -0.389 e. The highest BCUT2D eigenvalue weighted by molar-refractivity contribution is 7.12. The van der Waals surface area contributed by atoms with Gasteiger partial charge in [0.2, 0.25) is 0 Å². The number of aliphatic hydroxyl groups is 1. The molecular formula is C15H20N4O3S. The Labute approximate surface area is 138 Å². The number of amides is 1. The highest BCUT2D eigenvalue weighted by atomic mass is 32.1. The third kappa shape index (κ3) is 3.78. The molecule has 3 atom stereocenters. The maximum Gasteiger partial charge on any atom is 0.261 e. The van der Waals surface area contributed by atoms with Crippen molar-refractivity contribution in [2.45, 2.75) is 24.8 Å². The second-order valence-electron chi connectivity index (χ2n) is 5.49. The summed E-state index contributed by atoms with van der Waals surface area (Å²) in [5.41, 5.74) is 0. The van der Waals surface area contributed by atoms with E-state index in [-0.39, 0.29) is 11.9 Å². The predicted octanol–water partition coefficient (Wildman–Crippen LogP) is 0.129. The SMILES string of the molecule is Cn1ccnc1CNC1COC(CNC(=O)c2cccs2)C1O. The average Bonchev–Trinajstić information content (AvgIpc) is 3.26. The number of carbonyl (C=O) groups excluding carboxylic acids is 1. The lowest BCUT2D eigenvalue weighted by Gasteiger charge is -2.18. The second kappa shape index (κ2) is 7.22. The molecule has 0 aliphatic carbocycles. The zero-order chi connectivity index (χ0) is 16.2. The van der Waals surface area contributed by atoms with Crippen LogP contribution < -0.4 is 10.6 Å². The van der Waals surface area contributed by atoms with E-state index in [0.717, 1.165) is 5.82 Å². The summed E-state index contributed by atoms with van der Waals surface area (Å²) in [6.45, 7) is 1.26. The van der Waals surface area contributed by atoms with E-state index in [1.807, 2.05) is 29.3 Å². The van der Waals surface area contributed by atoms with Crippen LogP contribution in [0.1, 0.15) is 15.5 Å². The van der Waals surface area contributed by atoms with Crippen molar-refractivity contribution < 1.29 is 14.6 Å². The van der Waals surface area contributed by atoms with Crippen LogP contribution in [-0.2, 0) is 18.3 Å². The Morgan fingerprint density at radius 1 is 1.61 bits per heavy atom. The number of thiophene rings is 1. The zero-order valence-corrected chi connectivity index (χ0v) is 13.6. The van der Waals surface area contributed by atoms with E-state index in [0.29, 0.717) is 24.6 Å². The Balaban J connectivity index is 1.46. The van der Waals surface area contributed by atoms with Crippen LogP contribution in [0.2, 0.25) is 0 Å². The maximum absolute atomic E-state index is 11.9. The lowest BCUT2D eigenvalue weighted by atomic mass is 10.1. The quantitative estimate of drug-likeness (QED) is 0.698. The monoisotopic (exact) mass is 336 g/mol. The summed E-state index contributed by atoms with van der Waals surface area (Å²) in [6, 6.07) is 3.43. The number of imidazole rings is 1. The zero-order valence-electron chi connectivity index (χ0n) is 12.8. The van der Waals surface area contributed by atoms with Gasteiger partial charge in [-0.25, -0.2) is 4.98 Å². The molecule has 3 N–H and O–H groups in total. The summed E-state index contributed by atoms with van der Waals surface area (Å²) < 4.78 is 7.52. The number of carbonyl (C=O) groups is 1. The minimum atomic E-state index is -0.668. The molecule has 2 aromatic heterocycles. The van der Waals surface area contributed by atoms with E-state index in [1.54, 1.807) is 12.3 Å². The largest absolute Gasteiger partial charge is 0.389 e. The molecule has 1 fully saturated rings. The molecule has 23 heavy (non-hydrogen) atoms. The molecule has 0 saturated carbocycles. The van der Waals surface area contributed by atoms with E-state index in [9.17, 15) is 9.90 Å². The van der Waals surface area contributed by atoms with Crippen molar-refractivity contribution in [2.75, 3.05) is 13.2 Å². The number of aromatic nitrogens is 2. The Kier molecular flexibility index (Phi) is 5.06. The van der Waals surface area contributed by atoms with Gasteiger partial charge in [0.1, 0.15) is 11.9 Å². The van der Waals surface area contributed by atoms with Crippen molar-refractivity contribution in [3.8, 4) is 0 Å². The van der Waals surface area contributed by atoms with Crippen LogP contribution in [0, 0.1) is 0 Å². The Morgan fingerprint density at radius 2 is 2.48 bits per heavy atom. The Morgan fingerprint density at radius 3 is 3.17 bits per heavy atom. The Hall–Kier alpha value is -1.74. The smallest absolute Gasteiger partial charge is 0.261 e. The lowest BCUT2D eigenvalue weighted by Crippen LogP contribution is -2.44. The van der Waals surface area contributed by atoms with Crippen LogP contribution in [0.4, 0.5) is 0 Å². The van der Waals surface area contributed by atoms with Crippen LogP contribution in [-0.4, -0.2) is 52.0 Å². The number of aryl methyl sites for hydroxylation is 1. The van der Waals surface area contributed by atoms with Crippen LogP contribution in [0.3, 0.4) is 0 Å². The molecule has 2 aromatic rings. The van der Waals surface area contributed by atoms with Crippen LogP contribution in [0.5, 0.6) is 0 Å². The van der Waals surface area contributed by atoms with Gasteiger partial charge in [0, 0.05) is 26.0 Å². The molecule has 1 aliphatic rings. The standard InChI is InChI=1S/C15H20N4O3S/c1-19-5-4-16-13(19)8-17-10-9-22-11(14(10)20)7-18-15(21)12-3-2-6-23-12/h2-6,10-11,14,17,20H,7-9H2,1H3,(H,18,21). The topological polar surface area (TPSA) is 88.4 Å². The van der Waals surface area contributed by atoms with Crippen molar-refractivity contribution in [1.29, 1.82) is 0 Å². The number of nitrogens with one attached hydrogen (secondary N) is 2. The number of ether oxygens (including phenoxy) is 1. The fourth-order valence-electron chi connectivity index (χ4n) is 2.52. The lowest BCUT2D eigenvalue weighted by molar-refractivity contribution is 0.0399. The van der Waals surface area contributed by atoms with E-state index >= 15 is 0 Å². The normalized spacial score (nSPS) is 24.0. The van der Waals surface area contributed by atoms with Gasteiger partial charge >= 0.3 is 0 Å². The van der Waals surface area contributed by atoms with Gasteiger partial charge in [0.25, 0.3) is 5.91 Å². The number of hydrogen-bond acceptors (Lipinski definition) is 6. The molecule has 7 nitrogen and oxygen atoms in total. The highest BCUT2D eigenvalue weighted by Gasteiger charge is 2.35. The van der Waals surface area contributed by atoms with Gasteiger partial charge < -0.3 is 25.0 Å². The first-order chi connectivity index (χ1) is 11.1. The average molecular weight is 336 g/mol. The fraction of sp³-hybridized carbons (Fsp3) is 0.467. The van der Waals surface area contributed by atoms with Crippen LogP contribution >= 0.6 is 11.3 Å². The summed E-state index contributed by atoms with van der Waals surface area (Å²) in [5.74, 6) is 0.756. The predicted molar refractivity (Wildman–Crippen MR) is 86.2 cm³/mol. The van der Waals surface area contributed by atoms with Gasteiger partial charge in [-0.3, -0.25) is 4.79 Å². The third-order valence-electron chi connectivity index (χ3n) is 3.94. The maximum atomic E-state index is 11.9. The molecule has 1 aliphatic heterocycles. The summed E-state index contributed by atoms with van der Waals surface area (Å²) >= 11 is 1.39. The minimum absolute atomic E-state index is 0.139. The molecule has 1 amide bonds. The molecular weight excluding hydrogens is 316 g/mol.